The highest BCUT2D eigenvalue weighted by atomic mass is 32.2. The van der Waals surface area contributed by atoms with Gasteiger partial charge < -0.3 is 5.84 Å². The summed E-state index contributed by atoms with van der Waals surface area (Å²) in [5.74, 6) is 5.38. The minimum Gasteiger partial charge on any atom is -0.322 e. The molecule has 0 amide bonds. The lowest BCUT2D eigenvalue weighted by molar-refractivity contribution is 0.654. The Balaban J connectivity index is 2.70. The van der Waals surface area contributed by atoms with Crippen molar-refractivity contribution in [1.82, 2.24) is 0 Å². The van der Waals surface area contributed by atoms with Gasteiger partial charge in [-0.25, -0.2) is 0 Å². The van der Waals surface area contributed by atoms with Crippen LogP contribution >= 0.6 is 11.9 Å². The van der Waals surface area contributed by atoms with Crippen molar-refractivity contribution >= 4 is 17.0 Å². The van der Waals surface area contributed by atoms with E-state index in [1.165, 1.54) is 11.9 Å². The topological polar surface area (TPSA) is 63.1 Å². The van der Waals surface area contributed by atoms with Gasteiger partial charge >= 0.3 is 0 Å². The lowest BCUT2D eigenvalue weighted by Crippen LogP contribution is -2.20. The second kappa shape index (κ2) is 3.52. The van der Waals surface area contributed by atoms with E-state index in [1.54, 1.807) is 0 Å². The van der Waals surface area contributed by atoms with Crippen LogP contribution in [0.5, 0.6) is 0 Å². The Morgan fingerprint density at radius 1 is 1.91 bits per heavy atom. The quantitative estimate of drug-likeness (QED) is 0.296. The van der Waals surface area contributed by atoms with Crippen LogP contribution in [-0.4, -0.2) is 11.1 Å². The Hall–Kier alpha value is -0.840. The summed E-state index contributed by atoms with van der Waals surface area (Å²) in [4.78, 5) is 0. The molecule has 0 aromatic rings. The van der Waals surface area contributed by atoms with E-state index in [0.717, 1.165) is 5.04 Å². The highest BCUT2D eigenvalue weighted by Crippen LogP contribution is 2.26. The van der Waals surface area contributed by atoms with E-state index in [0.29, 0.717) is 0 Å². The van der Waals surface area contributed by atoms with Gasteiger partial charge in [0, 0.05) is 5.92 Å². The Morgan fingerprint density at radius 3 is 3.18 bits per heavy atom. The molecule has 0 saturated heterocycles. The van der Waals surface area contributed by atoms with Crippen molar-refractivity contribution in [3.8, 4) is 0 Å². The zero-order chi connectivity index (χ0) is 8.27. The second-order valence-corrected chi connectivity index (χ2v) is 3.06. The third kappa shape index (κ3) is 1.59. The van der Waals surface area contributed by atoms with Crippen LogP contribution < -0.4 is 5.84 Å². The van der Waals surface area contributed by atoms with E-state index in [-0.39, 0.29) is 12.0 Å². The van der Waals surface area contributed by atoms with Gasteiger partial charge in [0.25, 0.3) is 0 Å². The van der Waals surface area contributed by atoms with Crippen molar-refractivity contribution in [2.45, 2.75) is 13.0 Å². The standard InChI is InChI=1S/C6H10N4S/c1-3-4(2)5-6(8-7)11-10-9-5/h3-5H,1,7H2,2H3/b8-6+. The van der Waals surface area contributed by atoms with Crippen molar-refractivity contribution in [2.24, 2.45) is 26.5 Å². The molecule has 2 unspecified atom stereocenters. The summed E-state index contributed by atoms with van der Waals surface area (Å²) in [6.07, 6.45) is 1.82. The highest BCUT2D eigenvalue weighted by Gasteiger charge is 2.25. The minimum absolute atomic E-state index is 0.0116. The average Bonchev–Trinajstić information content (AvgIpc) is 2.50. The van der Waals surface area contributed by atoms with Gasteiger partial charge in [0.2, 0.25) is 0 Å². The first-order valence-corrected chi connectivity index (χ1v) is 4.04. The molecule has 0 aromatic heterocycles. The lowest BCUT2D eigenvalue weighted by Gasteiger charge is -2.09. The van der Waals surface area contributed by atoms with Crippen LogP contribution in [-0.2, 0) is 0 Å². The van der Waals surface area contributed by atoms with Gasteiger partial charge in [0.15, 0.2) is 0 Å². The molecule has 0 bridgehead atoms. The maximum Gasteiger partial charge on any atom is 0.144 e. The molecule has 1 aliphatic heterocycles. The monoisotopic (exact) mass is 170 g/mol. The molecule has 2 N–H and O–H groups in total. The fourth-order valence-electron chi connectivity index (χ4n) is 0.778. The molecule has 0 aliphatic carbocycles. The summed E-state index contributed by atoms with van der Waals surface area (Å²) < 4.78 is 3.77. The lowest BCUT2D eigenvalue weighted by atomic mass is 10.0. The van der Waals surface area contributed by atoms with Gasteiger partial charge in [0.1, 0.15) is 11.1 Å². The molecular weight excluding hydrogens is 160 g/mol. The van der Waals surface area contributed by atoms with Crippen molar-refractivity contribution in [2.75, 3.05) is 0 Å². The summed E-state index contributed by atoms with van der Waals surface area (Å²) in [5.41, 5.74) is 0. The first-order valence-electron chi connectivity index (χ1n) is 3.27. The predicted octanol–water partition coefficient (Wildman–Crippen LogP) is 1.56. The smallest absolute Gasteiger partial charge is 0.144 e. The van der Waals surface area contributed by atoms with Gasteiger partial charge in [-0.3, -0.25) is 0 Å². The average molecular weight is 170 g/mol. The first kappa shape index (κ1) is 8.26. The van der Waals surface area contributed by atoms with Crippen LogP contribution in [0.3, 0.4) is 0 Å². The number of nitrogens with zero attached hydrogens (tertiary/aromatic N) is 3. The molecule has 0 radical (unpaired) electrons. The van der Waals surface area contributed by atoms with Crippen molar-refractivity contribution in [3.63, 3.8) is 0 Å². The molecule has 0 spiro atoms. The molecule has 0 saturated carbocycles. The van der Waals surface area contributed by atoms with E-state index in [2.05, 4.69) is 21.3 Å². The molecule has 1 heterocycles. The van der Waals surface area contributed by atoms with Crippen molar-refractivity contribution in [1.29, 1.82) is 0 Å². The van der Waals surface area contributed by atoms with Crippen LogP contribution in [0, 0.1) is 5.92 Å². The number of hydrogen-bond donors (Lipinski definition) is 1. The van der Waals surface area contributed by atoms with Crippen LogP contribution in [0.15, 0.2) is 27.4 Å². The van der Waals surface area contributed by atoms with Gasteiger partial charge in [-0.1, -0.05) is 13.0 Å². The van der Waals surface area contributed by atoms with E-state index < -0.39 is 0 Å². The summed E-state index contributed by atoms with van der Waals surface area (Å²) in [6, 6.07) is -0.0116. The van der Waals surface area contributed by atoms with Crippen LogP contribution in [0.2, 0.25) is 0 Å². The van der Waals surface area contributed by atoms with Gasteiger partial charge in [-0.15, -0.1) is 11.1 Å². The largest absolute Gasteiger partial charge is 0.322 e. The van der Waals surface area contributed by atoms with E-state index >= 15 is 0 Å². The van der Waals surface area contributed by atoms with Crippen molar-refractivity contribution in [3.05, 3.63) is 12.7 Å². The van der Waals surface area contributed by atoms with E-state index in [9.17, 15) is 0 Å². The van der Waals surface area contributed by atoms with Gasteiger partial charge in [-0.2, -0.15) is 10.2 Å². The molecule has 60 valence electrons. The molecular formula is C6H10N4S. The van der Waals surface area contributed by atoms with E-state index in [4.69, 9.17) is 5.84 Å². The number of hydrogen-bond acceptors (Lipinski definition) is 5. The van der Waals surface area contributed by atoms with Crippen molar-refractivity contribution < 1.29 is 0 Å². The SMILES string of the molecule is C=CC(C)C1N=NS/C1=N/N. The summed E-state index contributed by atoms with van der Waals surface area (Å²) in [7, 11) is 0. The van der Waals surface area contributed by atoms with Gasteiger partial charge in [0.05, 0.1) is 11.9 Å². The Labute approximate surface area is 69.8 Å². The second-order valence-electron chi connectivity index (χ2n) is 2.30. The van der Waals surface area contributed by atoms with Crippen LogP contribution in [0.25, 0.3) is 0 Å². The first-order chi connectivity index (χ1) is 5.29. The Morgan fingerprint density at radius 2 is 2.64 bits per heavy atom. The zero-order valence-electron chi connectivity index (χ0n) is 6.27. The maximum absolute atomic E-state index is 5.13. The molecule has 5 heteroatoms. The summed E-state index contributed by atoms with van der Waals surface area (Å²) >= 11 is 1.23. The molecule has 4 nitrogen and oxygen atoms in total. The Bertz CT molecular complexity index is 211. The zero-order valence-corrected chi connectivity index (χ0v) is 7.08. The van der Waals surface area contributed by atoms with Crippen LogP contribution in [0.4, 0.5) is 0 Å². The molecule has 1 aliphatic rings. The Kier molecular flexibility index (Phi) is 2.64. The fourth-order valence-corrected chi connectivity index (χ4v) is 1.43. The summed E-state index contributed by atoms with van der Waals surface area (Å²) in [5, 5.41) is 8.31. The predicted molar refractivity (Wildman–Crippen MR) is 47.2 cm³/mol. The minimum atomic E-state index is -0.0116. The third-order valence-electron chi connectivity index (χ3n) is 1.56. The van der Waals surface area contributed by atoms with Gasteiger partial charge in [-0.05, 0) is 0 Å². The molecule has 11 heavy (non-hydrogen) atoms. The molecule has 0 aromatic carbocycles. The van der Waals surface area contributed by atoms with E-state index in [1.807, 2.05) is 13.0 Å². The summed E-state index contributed by atoms with van der Waals surface area (Å²) in [6.45, 7) is 5.67. The molecule has 2 atom stereocenters. The fraction of sp³-hybridized carbons (Fsp3) is 0.500. The molecule has 1 rings (SSSR count). The third-order valence-corrected chi connectivity index (χ3v) is 2.27. The number of rotatable bonds is 2. The highest BCUT2D eigenvalue weighted by molar-refractivity contribution is 8.13. The normalized spacial score (nSPS) is 29.2. The van der Waals surface area contributed by atoms with Crippen LogP contribution in [0.1, 0.15) is 6.92 Å². The molecule has 0 fully saturated rings. The number of nitrogens with two attached hydrogens (primary N) is 1. The number of hydrazone groups is 1. The maximum atomic E-state index is 5.13.